The number of esters is 1. The molecule has 4 aromatic carbocycles. The highest BCUT2D eigenvalue weighted by Gasteiger charge is 2.27. The zero-order valence-corrected chi connectivity index (χ0v) is 18.4. The van der Waals surface area contributed by atoms with E-state index in [2.05, 4.69) is 23.2 Å². The van der Waals surface area contributed by atoms with Crippen LogP contribution < -0.4 is 14.2 Å². The second-order valence-corrected chi connectivity index (χ2v) is 7.48. The summed E-state index contributed by atoms with van der Waals surface area (Å²) in [5.74, 6) is 1.00. The lowest BCUT2D eigenvalue weighted by Crippen LogP contribution is -2.07. The van der Waals surface area contributed by atoms with E-state index in [0.29, 0.717) is 22.8 Å². The summed E-state index contributed by atoms with van der Waals surface area (Å²) in [5, 5.41) is 4.24. The summed E-state index contributed by atoms with van der Waals surface area (Å²) in [7, 11) is 4.59. The Bertz CT molecular complexity index is 1390. The number of cyclic esters (lactones) is 1. The summed E-state index contributed by atoms with van der Waals surface area (Å²) < 4.78 is 21.7. The van der Waals surface area contributed by atoms with E-state index in [-0.39, 0.29) is 11.6 Å². The van der Waals surface area contributed by atoms with E-state index >= 15 is 0 Å². The molecule has 0 saturated heterocycles. The van der Waals surface area contributed by atoms with Crippen LogP contribution in [-0.4, -0.2) is 33.2 Å². The van der Waals surface area contributed by atoms with E-state index in [0.717, 1.165) is 27.1 Å². The summed E-state index contributed by atoms with van der Waals surface area (Å²) in [6.07, 6.45) is 1.79. The average Bonchev–Trinajstić information content (AvgIpc) is 3.22. The van der Waals surface area contributed by atoms with Crippen molar-refractivity contribution >= 4 is 39.5 Å². The fourth-order valence-electron chi connectivity index (χ4n) is 4.08. The Morgan fingerprint density at radius 1 is 0.788 bits per heavy atom. The number of carbonyl (C=O) groups excluding carboxylic acids is 1. The van der Waals surface area contributed by atoms with Gasteiger partial charge < -0.3 is 18.9 Å². The van der Waals surface area contributed by atoms with Crippen molar-refractivity contribution in [2.45, 2.75) is 0 Å². The molecule has 0 amide bonds. The minimum atomic E-state index is -0.518. The van der Waals surface area contributed by atoms with E-state index in [9.17, 15) is 4.79 Å². The first-order valence-electron chi connectivity index (χ1n) is 10.4. The maximum Gasteiger partial charge on any atom is 0.363 e. The number of ether oxygens (including phenoxy) is 4. The zero-order chi connectivity index (χ0) is 22.9. The lowest BCUT2D eigenvalue weighted by molar-refractivity contribution is -0.129. The molecule has 0 fully saturated rings. The first-order chi connectivity index (χ1) is 16.1. The number of rotatable bonds is 5. The molecule has 5 rings (SSSR count). The van der Waals surface area contributed by atoms with Crippen molar-refractivity contribution in [1.82, 2.24) is 0 Å². The molecule has 6 heteroatoms. The molecule has 0 radical (unpaired) electrons. The summed E-state index contributed by atoms with van der Waals surface area (Å²) in [5.41, 5.74) is 1.69. The minimum absolute atomic E-state index is 0.176. The van der Waals surface area contributed by atoms with Crippen LogP contribution in [0, 0.1) is 0 Å². The number of hydrogen-bond donors (Lipinski definition) is 0. The van der Waals surface area contributed by atoms with Crippen molar-refractivity contribution in [2.75, 3.05) is 21.3 Å². The van der Waals surface area contributed by atoms with Crippen LogP contribution in [0.1, 0.15) is 11.1 Å². The van der Waals surface area contributed by atoms with Gasteiger partial charge in [-0.15, -0.1) is 0 Å². The standard InChI is InChI=1S/C27H21NO5/c1-30-23-13-18(14-24(31-2)25(23)32-3)26-28-22(27(29)33-26)15-21-19-10-6-4-8-16(19)12-17-9-5-7-11-20(17)21/h4-15H,1-3H3. The maximum atomic E-state index is 12.8. The lowest BCUT2D eigenvalue weighted by Gasteiger charge is -2.13. The second kappa shape index (κ2) is 8.31. The van der Waals surface area contributed by atoms with Crippen LogP contribution in [0.4, 0.5) is 0 Å². The molecule has 0 atom stereocenters. The summed E-state index contributed by atoms with van der Waals surface area (Å²) in [6.45, 7) is 0. The van der Waals surface area contributed by atoms with Gasteiger partial charge in [0, 0.05) is 5.56 Å². The Labute approximate surface area is 190 Å². The van der Waals surface area contributed by atoms with Crippen molar-refractivity contribution in [2.24, 2.45) is 4.99 Å². The van der Waals surface area contributed by atoms with E-state index in [1.165, 1.54) is 21.3 Å². The van der Waals surface area contributed by atoms with Gasteiger partial charge in [-0.2, -0.15) is 0 Å². The molecule has 0 aliphatic carbocycles. The fraction of sp³-hybridized carbons (Fsp3) is 0.111. The first kappa shape index (κ1) is 20.6. The third-order valence-corrected chi connectivity index (χ3v) is 5.63. The Morgan fingerprint density at radius 3 is 1.91 bits per heavy atom. The second-order valence-electron chi connectivity index (χ2n) is 7.48. The van der Waals surface area contributed by atoms with Crippen molar-refractivity contribution < 1.29 is 23.7 Å². The fourth-order valence-corrected chi connectivity index (χ4v) is 4.08. The highest BCUT2D eigenvalue weighted by atomic mass is 16.6. The SMILES string of the molecule is COc1cc(C2=NC(=Cc3c4ccccc4cc4ccccc34)C(=O)O2)cc(OC)c1OC. The van der Waals surface area contributed by atoms with Crippen LogP contribution in [0.15, 0.2) is 77.4 Å². The maximum absolute atomic E-state index is 12.8. The Morgan fingerprint density at radius 2 is 1.36 bits per heavy atom. The number of benzene rings is 4. The molecule has 0 saturated carbocycles. The van der Waals surface area contributed by atoms with E-state index < -0.39 is 5.97 Å². The zero-order valence-electron chi connectivity index (χ0n) is 18.4. The molecule has 1 heterocycles. The van der Waals surface area contributed by atoms with Gasteiger partial charge in [0.1, 0.15) is 0 Å². The molecule has 0 aromatic heterocycles. The molecule has 33 heavy (non-hydrogen) atoms. The molecule has 4 aromatic rings. The van der Waals surface area contributed by atoms with Gasteiger partial charge in [0.25, 0.3) is 0 Å². The lowest BCUT2D eigenvalue weighted by atomic mass is 9.96. The van der Waals surface area contributed by atoms with Gasteiger partial charge in [0.05, 0.1) is 21.3 Å². The third kappa shape index (κ3) is 3.55. The number of fused-ring (bicyclic) bond motifs is 2. The molecule has 6 nitrogen and oxygen atoms in total. The number of nitrogens with zero attached hydrogens (tertiary/aromatic N) is 1. The van der Waals surface area contributed by atoms with Crippen molar-refractivity contribution in [3.8, 4) is 17.2 Å². The van der Waals surface area contributed by atoms with Crippen molar-refractivity contribution in [3.05, 3.63) is 83.6 Å². The van der Waals surface area contributed by atoms with Gasteiger partial charge in [-0.3, -0.25) is 0 Å². The van der Waals surface area contributed by atoms with Crippen LogP contribution in [0.5, 0.6) is 17.2 Å². The number of methoxy groups -OCH3 is 3. The smallest absolute Gasteiger partial charge is 0.363 e. The quantitative estimate of drug-likeness (QED) is 0.238. The minimum Gasteiger partial charge on any atom is -0.493 e. The van der Waals surface area contributed by atoms with Crippen molar-refractivity contribution in [3.63, 3.8) is 0 Å². The first-order valence-corrected chi connectivity index (χ1v) is 10.4. The monoisotopic (exact) mass is 439 g/mol. The van der Waals surface area contributed by atoms with Gasteiger partial charge in [0.2, 0.25) is 11.6 Å². The Kier molecular flexibility index (Phi) is 5.18. The van der Waals surface area contributed by atoms with Crippen LogP contribution in [0.3, 0.4) is 0 Å². The number of aliphatic imine (C=N–C) groups is 1. The molecule has 0 N–H and O–H groups in total. The Balaban J connectivity index is 1.67. The largest absolute Gasteiger partial charge is 0.493 e. The third-order valence-electron chi connectivity index (χ3n) is 5.63. The molecular weight excluding hydrogens is 418 g/mol. The van der Waals surface area contributed by atoms with Gasteiger partial charge >= 0.3 is 5.97 Å². The predicted molar refractivity (Wildman–Crippen MR) is 128 cm³/mol. The van der Waals surface area contributed by atoms with Gasteiger partial charge in [-0.05, 0) is 51.4 Å². The van der Waals surface area contributed by atoms with E-state index in [1.54, 1.807) is 18.2 Å². The van der Waals surface area contributed by atoms with Crippen LogP contribution in [-0.2, 0) is 9.53 Å². The average molecular weight is 439 g/mol. The van der Waals surface area contributed by atoms with Gasteiger partial charge in [0.15, 0.2) is 17.2 Å². The molecule has 1 aliphatic heterocycles. The highest BCUT2D eigenvalue weighted by molar-refractivity contribution is 6.15. The van der Waals surface area contributed by atoms with Crippen LogP contribution >= 0.6 is 0 Å². The number of hydrogen-bond acceptors (Lipinski definition) is 6. The Hall–Kier alpha value is -4.32. The van der Waals surface area contributed by atoms with Gasteiger partial charge in [-0.1, -0.05) is 48.5 Å². The molecule has 0 bridgehead atoms. The molecule has 1 aliphatic rings. The summed E-state index contributed by atoms with van der Waals surface area (Å²) >= 11 is 0. The van der Waals surface area contributed by atoms with Gasteiger partial charge in [-0.25, -0.2) is 9.79 Å². The predicted octanol–water partition coefficient (Wildman–Crippen LogP) is 5.36. The van der Waals surface area contributed by atoms with Crippen molar-refractivity contribution in [1.29, 1.82) is 0 Å². The van der Waals surface area contributed by atoms with E-state index in [4.69, 9.17) is 18.9 Å². The molecular formula is C27H21NO5. The molecule has 0 unspecified atom stereocenters. The number of carbonyl (C=O) groups is 1. The van der Waals surface area contributed by atoms with Crippen LogP contribution in [0.2, 0.25) is 0 Å². The van der Waals surface area contributed by atoms with E-state index in [1.807, 2.05) is 36.4 Å². The highest BCUT2D eigenvalue weighted by Crippen LogP contribution is 2.39. The molecule has 0 spiro atoms. The summed E-state index contributed by atoms with van der Waals surface area (Å²) in [6, 6.07) is 21.7. The molecule has 164 valence electrons. The topological polar surface area (TPSA) is 66.4 Å². The summed E-state index contributed by atoms with van der Waals surface area (Å²) in [4.78, 5) is 17.3. The normalized spacial score (nSPS) is 14.5. The van der Waals surface area contributed by atoms with Crippen LogP contribution in [0.25, 0.3) is 27.6 Å².